The van der Waals surface area contributed by atoms with Gasteiger partial charge in [0.2, 0.25) is 5.91 Å². The van der Waals surface area contributed by atoms with Gasteiger partial charge in [-0.25, -0.2) is 0 Å². The molecule has 1 fully saturated rings. The summed E-state index contributed by atoms with van der Waals surface area (Å²) >= 11 is 0. The number of fused-ring (bicyclic) bond motifs is 1. The number of nitriles is 1. The number of carbonyl (C=O) groups excluding carboxylic acids is 1. The lowest BCUT2D eigenvalue weighted by molar-refractivity contribution is -0.115. The lowest BCUT2D eigenvalue weighted by Crippen LogP contribution is -2.45. The van der Waals surface area contributed by atoms with E-state index >= 15 is 0 Å². The normalized spacial score (nSPS) is 22.3. The van der Waals surface area contributed by atoms with Crippen LogP contribution in [-0.2, 0) is 4.79 Å². The molecular weight excluding hydrogens is 228 g/mol. The van der Waals surface area contributed by atoms with Crippen molar-refractivity contribution in [3.05, 3.63) is 23.8 Å². The van der Waals surface area contributed by atoms with E-state index in [-0.39, 0.29) is 5.91 Å². The van der Waals surface area contributed by atoms with Crippen molar-refractivity contribution in [3.8, 4) is 6.07 Å². The Morgan fingerprint density at radius 3 is 3.06 bits per heavy atom. The number of hydrogen-bond donors (Lipinski definition) is 2. The quantitative estimate of drug-likeness (QED) is 0.760. The van der Waals surface area contributed by atoms with Crippen LogP contribution in [0.2, 0.25) is 0 Å². The minimum absolute atomic E-state index is 0.0131. The predicted octanol–water partition coefficient (Wildman–Crippen LogP) is 0.679. The molecule has 5 nitrogen and oxygen atoms in total. The van der Waals surface area contributed by atoms with Crippen LogP contribution in [-0.4, -0.2) is 31.6 Å². The maximum absolute atomic E-state index is 11.7. The Balaban J connectivity index is 2.01. The molecule has 1 unspecified atom stereocenters. The molecule has 92 valence electrons. The number of carbonyl (C=O) groups is 1. The minimum atomic E-state index is 0.0131. The van der Waals surface area contributed by atoms with Crippen molar-refractivity contribution in [1.82, 2.24) is 5.32 Å². The van der Waals surface area contributed by atoms with E-state index in [2.05, 4.69) is 21.6 Å². The molecule has 1 saturated heterocycles. The minimum Gasteiger partial charge on any atom is -0.356 e. The first kappa shape index (κ1) is 11.1. The zero-order valence-electron chi connectivity index (χ0n) is 9.94. The smallest absolute Gasteiger partial charge is 0.243 e. The van der Waals surface area contributed by atoms with Crippen LogP contribution in [0.5, 0.6) is 0 Å². The predicted molar refractivity (Wildman–Crippen MR) is 68.4 cm³/mol. The van der Waals surface area contributed by atoms with E-state index in [4.69, 9.17) is 5.26 Å². The first-order valence-electron chi connectivity index (χ1n) is 6.09. The second kappa shape index (κ2) is 4.31. The molecule has 2 heterocycles. The first-order valence-corrected chi connectivity index (χ1v) is 6.09. The third kappa shape index (κ3) is 1.81. The summed E-state index contributed by atoms with van der Waals surface area (Å²) < 4.78 is 0. The lowest BCUT2D eigenvalue weighted by Gasteiger charge is -2.35. The zero-order valence-corrected chi connectivity index (χ0v) is 9.94. The Morgan fingerprint density at radius 1 is 1.44 bits per heavy atom. The molecule has 0 radical (unpaired) electrons. The highest BCUT2D eigenvalue weighted by Crippen LogP contribution is 2.32. The average molecular weight is 242 g/mol. The van der Waals surface area contributed by atoms with Gasteiger partial charge in [0.05, 0.1) is 29.6 Å². The molecule has 1 amide bonds. The van der Waals surface area contributed by atoms with Crippen LogP contribution in [0.1, 0.15) is 12.0 Å². The fourth-order valence-corrected chi connectivity index (χ4v) is 2.61. The van der Waals surface area contributed by atoms with E-state index in [1.54, 1.807) is 12.1 Å². The van der Waals surface area contributed by atoms with Gasteiger partial charge in [0.15, 0.2) is 0 Å². The van der Waals surface area contributed by atoms with Crippen molar-refractivity contribution in [3.63, 3.8) is 0 Å². The first-order chi connectivity index (χ1) is 8.78. The Hall–Kier alpha value is -2.06. The van der Waals surface area contributed by atoms with Gasteiger partial charge in [-0.15, -0.1) is 0 Å². The molecule has 2 aliphatic heterocycles. The molecule has 2 aliphatic rings. The third-order valence-corrected chi connectivity index (χ3v) is 3.50. The van der Waals surface area contributed by atoms with Gasteiger partial charge in [-0.05, 0) is 31.2 Å². The molecule has 0 bridgehead atoms. The third-order valence-electron chi connectivity index (χ3n) is 3.50. The average Bonchev–Trinajstić information content (AvgIpc) is 2.91. The van der Waals surface area contributed by atoms with Crippen LogP contribution in [0.15, 0.2) is 18.2 Å². The summed E-state index contributed by atoms with van der Waals surface area (Å²) in [5.41, 5.74) is 2.39. The monoisotopic (exact) mass is 242 g/mol. The van der Waals surface area contributed by atoms with Gasteiger partial charge >= 0.3 is 0 Å². The summed E-state index contributed by atoms with van der Waals surface area (Å²) in [7, 11) is 0. The Bertz CT molecular complexity index is 528. The van der Waals surface area contributed by atoms with Crippen LogP contribution in [0.4, 0.5) is 11.4 Å². The van der Waals surface area contributed by atoms with E-state index in [0.29, 0.717) is 18.2 Å². The molecule has 1 atom stereocenters. The fraction of sp³-hybridized carbons (Fsp3) is 0.385. The molecule has 2 N–H and O–H groups in total. The van der Waals surface area contributed by atoms with E-state index < -0.39 is 0 Å². The van der Waals surface area contributed by atoms with Crippen molar-refractivity contribution in [2.75, 3.05) is 29.9 Å². The van der Waals surface area contributed by atoms with Gasteiger partial charge in [-0.3, -0.25) is 4.79 Å². The number of nitrogens with zero attached hydrogens (tertiary/aromatic N) is 2. The van der Waals surface area contributed by atoms with Crippen LogP contribution in [0, 0.1) is 11.3 Å². The number of nitrogens with one attached hydrogen (secondary N) is 2. The second-order valence-corrected chi connectivity index (χ2v) is 4.67. The van der Waals surface area contributed by atoms with Crippen molar-refractivity contribution < 1.29 is 4.79 Å². The van der Waals surface area contributed by atoms with Crippen molar-refractivity contribution in [1.29, 1.82) is 5.26 Å². The van der Waals surface area contributed by atoms with E-state index in [0.717, 1.165) is 30.9 Å². The maximum atomic E-state index is 11.7. The van der Waals surface area contributed by atoms with Gasteiger partial charge in [0.1, 0.15) is 0 Å². The Morgan fingerprint density at radius 2 is 2.33 bits per heavy atom. The van der Waals surface area contributed by atoms with Crippen molar-refractivity contribution in [2.45, 2.75) is 12.5 Å². The highest BCUT2D eigenvalue weighted by atomic mass is 16.2. The molecule has 0 aromatic heterocycles. The second-order valence-electron chi connectivity index (χ2n) is 4.67. The molecule has 1 aromatic rings. The van der Waals surface area contributed by atoms with Gasteiger partial charge in [0, 0.05) is 12.6 Å². The number of benzene rings is 1. The van der Waals surface area contributed by atoms with Crippen LogP contribution < -0.4 is 15.5 Å². The van der Waals surface area contributed by atoms with E-state index in [9.17, 15) is 4.79 Å². The molecule has 0 spiro atoms. The topological polar surface area (TPSA) is 68.2 Å². The molecule has 0 aliphatic carbocycles. The summed E-state index contributed by atoms with van der Waals surface area (Å²) in [6.45, 7) is 2.24. The summed E-state index contributed by atoms with van der Waals surface area (Å²) in [4.78, 5) is 13.8. The lowest BCUT2D eigenvalue weighted by atomic mass is 10.1. The summed E-state index contributed by atoms with van der Waals surface area (Å²) in [6, 6.07) is 7.87. The zero-order chi connectivity index (χ0) is 12.5. The fourth-order valence-electron chi connectivity index (χ4n) is 2.61. The van der Waals surface area contributed by atoms with Crippen LogP contribution >= 0.6 is 0 Å². The van der Waals surface area contributed by atoms with Gasteiger partial charge in [-0.1, -0.05) is 0 Å². The van der Waals surface area contributed by atoms with Gasteiger partial charge in [0.25, 0.3) is 0 Å². The Labute approximate surface area is 105 Å². The van der Waals surface area contributed by atoms with E-state index in [1.807, 2.05) is 6.07 Å². The number of anilines is 2. The summed E-state index contributed by atoms with van der Waals surface area (Å²) in [5, 5.41) is 15.1. The largest absolute Gasteiger partial charge is 0.356 e. The number of rotatable bonds is 1. The molecule has 3 rings (SSSR count). The standard InChI is InChI=1S/C13H14N4O/c14-6-9-1-2-11-12(5-9)17(8-13(18)16-11)10-3-4-15-7-10/h1-2,5,10,15H,3-4,7-8H2,(H,16,18). The van der Waals surface area contributed by atoms with E-state index in [1.165, 1.54) is 0 Å². The molecule has 18 heavy (non-hydrogen) atoms. The highest BCUT2D eigenvalue weighted by Gasteiger charge is 2.29. The van der Waals surface area contributed by atoms with Gasteiger partial charge in [-0.2, -0.15) is 5.26 Å². The summed E-state index contributed by atoms with van der Waals surface area (Å²) in [6.07, 6.45) is 1.03. The number of hydrogen-bond acceptors (Lipinski definition) is 4. The van der Waals surface area contributed by atoms with Crippen LogP contribution in [0.3, 0.4) is 0 Å². The Kier molecular flexibility index (Phi) is 2.65. The van der Waals surface area contributed by atoms with Crippen molar-refractivity contribution >= 4 is 17.3 Å². The molecule has 1 aromatic carbocycles. The van der Waals surface area contributed by atoms with Gasteiger partial charge < -0.3 is 15.5 Å². The SMILES string of the molecule is N#Cc1ccc2c(c1)N(C1CCNC1)CC(=O)N2. The van der Waals surface area contributed by atoms with Crippen LogP contribution in [0.25, 0.3) is 0 Å². The summed E-state index contributed by atoms with van der Waals surface area (Å²) in [5.74, 6) is 0.0131. The number of amides is 1. The highest BCUT2D eigenvalue weighted by molar-refractivity contribution is 6.01. The molecule has 5 heteroatoms. The molecule has 0 saturated carbocycles. The molecular formula is C13H14N4O. The maximum Gasteiger partial charge on any atom is 0.243 e. The van der Waals surface area contributed by atoms with Crippen molar-refractivity contribution in [2.24, 2.45) is 0 Å².